The molecule has 8 nitrogen and oxygen atoms in total. The van der Waals surface area contributed by atoms with Gasteiger partial charge in [-0.05, 0) is 23.6 Å². The lowest BCUT2D eigenvalue weighted by molar-refractivity contribution is 0.443. The fourth-order valence-corrected chi connectivity index (χ4v) is 3.16. The monoisotopic (exact) mass is 320 g/mol. The van der Waals surface area contributed by atoms with E-state index in [0.717, 1.165) is 18.2 Å². The first-order chi connectivity index (χ1) is 9.01. The Kier molecular flexibility index (Phi) is 3.13. The van der Waals surface area contributed by atoms with Crippen molar-refractivity contribution in [1.82, 2.24) is 0 Å². The minimum absolute atomic E-state index is 0.0270. The summed E-state index contributed by atoms with van der Waals surface area (Å²) < 4.78 is 62.4. The summed E-state index contributed by atoms with van der Waals surface area (Å²) in [5.41, 5.74) is 0. The summed E-state index contributed by atoms with van der Waals surface area (Å²) in [7, 11) is -9.51. The highest BCUT2D eigenvalue weighted by molar-refractivity contribution is 7.86. The highest BCUT2D eigenvalue weighted by atomic mass is 32.2. The van der Waals surface area contributed by atoms with E-state index in [1.165, 1.54) is 0 Å². The van der Waals surface area contributed by atoms with Crippen molar-refractivity contribution in [3.05, 3.63) is 24.3 Å². The van der Waals surface area contributed by atoms with E-state index in [4.69, 9.17) is 9.11 Å². The van der Waals surface area contributed by atoms with Crippen molar-refractivity contribution in [3.63, 3.8) is 0 Å². The molecule has 0 bridgehead atoms. The van der Waals surface area contributed by atoms with Crippen molar-refractivity contribution >= 4 is 31.0 Å². The lowest BCUT2D eigenvalue weighted by atomic mass is 10.1. The van der Waals surface area contributed by atoms with E-state index in [-0.39, 0.29) is 10.8 Å². The lowest BCUT2D eigenvalue weighted by Gasteiger charge is -2.09. The summed E-state index contributed by atoms with van der Waals surface area (Å²) in [5.74, 6) is -1.69. The van der Waals surface area contributed by atoms with E-state index in [2.05, 4.69) is 0 Å². The first-order valence-electron chi connectivity index (χ1n) is 4.95. The molecule has 0 aliphatic heterocycles. The second kappa shape index (κ2) is 4.31. The largest absolute Gasteiger partial charge is 0.506 e. The van der Waals surface area contributed by atoms with Gasteiger partial charge >= 0.3 is 0 Å². The molecule has 0 spiro atoms. The molecule has 0 saturated carbocycles. The molecule has 0 fully saturated rings. The van der Waals surface area contributed by atoms with E-state index in [1.807, 2.05) is 0 Å². The van der Waals surface area contributed by atoms with Crippen LogP contribution in [0.3, 0.4) is 0 Å². The van der Waals surface area contributed by atoms with Crippen LogP contribution in [0.15, 0.2) is 34.1 Å². The average Bonchev–Trinajstić information content (AvgIpc) is 2.24. The van der Waals surface area contributed by atoms with Crippen LogP contribution in [0.1, 0.15) is 0 Å². The Morgan fingerprint density at radius 2 is 1.40 bits per heavy atom. The van der Waals surface area contributed by atoms with Gasteiger partial charge in [0.25, 0.3) is 20.2 Å². The van der Waals surface area contributed by atoms with E-state index < -0.39 is 41.5 Å². The van der Waals surface area contributed by atoms with Gasteiger partial charge in [0.05, 0.1) is 0 Å². The summed E-state index contributed by atoms with van der Waals surface area (Å²) >= 11 is 0. The molecular formula is C10H8O8S2. The van der Waals surface area contributed by atoms with E-state index >= 15 is 0 Å². The molecule has 2 aromatic rings. The number of aromatic hydroxyl groups is 2. The topological polar surface area (TPSA) is 149 Å². The van der Waals surface area contributed by atoms with Gasteiger partial charge in [-0.15, -0.1) is 0 Å². The van der Waals surface area contributed by atoms with Crippen molar-refractivity contribution in [2.45, 2.75) is 9.79 Å². The number of rotatable bonds is 2. The zero-order chi connectivity index (χ0) is 15.3. The molecule has 0 saturated heterocycles. The van der Waals surface area contributed by atoms with E-state index in [0.29, 0.717) is 6.07 Å². The molecule has 0 radical (unpaired) electrons. The predicted octanol–water partition coefficient (Wildman–Crippen LogP) is 0.744. The van der Waals surface area contributed by atoms with Gasteiger partial charge in [-0.25, -0.2) is 0 Å². The number of benzene rings is 2. The minimum Gasteiger partial charge on any atom is -0.506 e. The van der Waals surface area contributed by atoms with Crippen LogP contribution in [0.2, 0.25) is 0 Å². The number of hydrogen-bond donors (Lipinski definition) is 4. The molecule has 4 N–H and O–H groups in total. The van der Waals surface area contributed by atoms with Crippen LogP contribution in [0.25, 0.3) is 10.8 Å². The van der Waals surface area contributed by atoms with Gasteiger partial charge in [-0.2, -0.15) is 16.8 Å². The summed E-state index contributed by atoms with van der Waals surface area (Å²) in [6.45, 7) is 0. The molecule has 10 heteroatoms. The van der Waals surface area contributed by atoms with Gasteiger partial charge in [0.15, 0.2) is 0 Å². The first kappa shape index (κ1) is 14.5. The Bertz CT molecular complexity index is 912. The standard InChI is InChI=1S/C10H8O8S2/c11-7-2-1-5-3-9(19(13,14)15)8(12)4-6(5)10(7)20(16,17)18/h1-4,11-12H,(H,13,14,15)(H,16,17,18). The minimum atomic E-state index is -4.80. The summed E-state index contributed by atoms with van der Waals surface area (Å²) in [5, 5.41) is 18.7. The maximum absolute atomic E-state index is 11.2. The Morgan fingerprint density at radius 1 is 0.800 bits per heavy atom. The number of hydrogen-bond acceptors (Lipinski definition) is 6. The Morgan fingerprint density at radius 3 is 1.90 bits per heavy atom. The van der Waals surface area contributed by atoms with Crippen molar-refractivity contribution in [2.75, 3.05) is 0 Å². The van der Waals surface area contributed by atoms with Gasteiger partial charge in [-0.3, -0.25) is 9.11 Å². The lowest BCUT2D eigenvalue weighted by Crippen LogP contribution is -2.02. The molecule has 2 rings (SSSR count). The second-order valence-corrected chi connectivity index (χ2v) is 6.65. The Balaban J connectivity index is 3.01. The van der Waals surface area contributed by atoms with Crippen molar-refractivity contribution < 1.29 is 36.2 Å². The van der Waals surface area contributed by atoms with Crippen molar-refractivity contribution in [2.24, 2.45) is 0 Å². The van der Waals surface area contributed by atoms with E-state index in [1.54, 1.807) is 0 Å². The van der Waals surface area contributed by atoms with Crippen LogP contribution in [0, 0.1) is 0 Å². The van der Waals surface area contributed by atoms with Crippen molar-refractivity contribution in [3.8, 4) is 11.5 Å². The molecule has 0 unspecified atom stereocenters. The Labute approximate surface area is 113 Å². The fraction of sp³-hybridized carbons (Fsp3) is 0. The number of phenols is 2. The maximum atomic E-state index is 11.2. The summed E-state index contributed by atoms with van der Waals surface area (Å²) in [4.78, 5) is -1.69. The highest BCUT2D eigenvalue weighted by Gasteiger charge is 2.23. The summed E-state index contributed by atoms with van der Waals surface area (Å²) in [6.07, 6.45) is 0. The van der Waals surface area contributed by atoms with Crippen LogP contribution >= 0.6 is 0 Å². The zero-order valence-electron chi connectivity index (χ0n) is 9.55. The molecule has 0 aliphatic rings. The molecule has 20 heavy (non-hydrogen) atoms. The molecule has 0 aliphatic carbocycles. The fourth-order valence-electron chi connectivity index (χ4n) is 1.78. The SMILES string of the molecule is O=S(=O)(O)c1cc2ccc(O)c(S(=O)(=O)O)c2cc1O. The maximum Gasteiger partial charge on any atom is 0.298 e. The molecule has 0 amide bonds. The molecule has 0 heterocycles. The predicted molar refractivity (Wildman–Crippen MR) is 66.9 cm³/mol. The molecule has 2 aromatic carbocycles. The Hall–Kier alpha value is -1.88. The van der Waals surface area contributed by atoms with Crippen LogP contribution < -0.4 is 0 Å². The molecule has 0 atom stereocenters. The zero-order valence-corrected chi connectivity index (χ0v) is 11.2. The number of phenolic OH excluding ortho intramolecular Hbond substituents is 2. The smallest absolute Gasteiger partial charge is 0.298 e. The van der Waals surface area contributed by atoms with Crippen LogP contribution in [-0.2, 0) is 20.2 Å². The van der Waals surface area contributed by atoms with Crippen molar-refractivity contribution in [1.29, 1.82) is 0 Å². The van der Waals surface area contributed by atoms with Gasteiger partial charge in [0.1, 0.15) is 21.3 Å². The van der Waals surface area contributed by atoms with Crippen LogP contribution in [0.5, 0.6) is 11.5 Å². The first-order valence-corrected chi connectivity index (χ1v) is 7.83. The third-order valence-corrected chi connectivity index (χ3v) is 4.39. The normalized spacial score (nSPS) is 12.7. The van der Waals surface area contributed by atoms with Gasteiger partial charge in [0.2, 0.25) is 0 Å². The summed E-state index contributed by atoms with van der Waals surface area (Å²) in [6, 6.07) is 3.61. The third kappa shape index (κ3) is 2.41. The molecule has 108 valence electrons. The van der Waals surface area contributed by atoms with E-state index in [9.17, 15) is 27.0 Å². The quantitative estimate of drug-likeness (QED) is 0.592. The average molecular weight is 320 g/mol. The van der Waals surface area contributed by atoms with Crippen LogP contribution in [-0.4, -0.2) is 36.2 Å². The molecule has 0 aromatic heterocycles. The van der Waals surface area contributed by atoms with Gasteiger partial charge in [-0.1, -0.05) is 6.07 Å². The van der Waals surface area contributed by atoms with Gasteiger partial charge < -0.3 is 10.2 Å². The number of fused-ring (bicyclic) bond motifs is 1. The second-order valence-electron chi connectivity index (χ2n) is 3.91. The third-order valence-electron chi connectivity index (χ3n) is 2.56. The van der Waals surface area contributed by atoms with Crippen LogP contribution in [0.4, 0.5) is 0 Å². The van der Waals surface area contributed by atoms with Gasteiger partial charge in [0, 0.05) is 5.39 Å². The highest BCUT2D eigenvalue weighted by Crippen LogP contribution is 2.36. The molecular weight excluding hydrogens is 312 g/mol.